The number of nitrogens with one attached hydrogen (secondary N) is 1. The summed E-state index contributed by atoms with van der Waals surface area (Å²) in [7, 11) is 2.82. The minimum atomic E-state index is -0.840. The third kappa shape index (κ3) is 3.81. The second kappa shape index (κ2) is 6.70. The fraction of sp³-hybridized carbons (Fsp3) is 0.267. The van der Waals surface area contributed by atoms with Crippen LogP contribution < -0.4 is 21.3 Å². The van der Waals surface area contributed by atoms with Crippen LogP contribution in [0.15, 0.2) is 39.9 Å². The molecule has 1 aromatic carbocycles. The predicted octanol–water partition coefficient (Wildman–Crippen LogP) is 1.14. The Morgan fingerprint density at radius 3 is 2.57 bits per heavy atom. The van der Waals surface area contributed by atoms with Gasteiger partial charge in [0.05, 0.1) is 0 Å². The van der Waals surface area contributed by atoms with E-state index in [9.17, 15) is 14.4 Å². The van der Waals surface area contributed by atoms with Gasteiger partial charge in [-0.15, -0.1) is 0 Å². The van der Waals surface area contributed by atoms with Gasteiger partial charge in [-0.05, 0) is 25.1 Å². The van der Waals surface area contributed by atoms with E-state index in [4.69, 9.17) is 16.3 Å². The Balaban J connectivity index is 2.16. The summed E-state index contributed by atoms with van der Waals surface area (Å²) in [6.45, 7) is 1.55. The summed E-state index contributed by atoms with van der Waals surface area (Å²) in [4.78, 5) is 35.6. The van der Waals surface area contributed by atoms with Crippen LogP contribution in [0.4, 0.5) is 5.82 Å². The van der Waals surface area contributed by atoms with E-state index in [2.05, 4.69) is 5.32 Å². The molecule has 0 bridgehead atoms. The predicted molar refractivity (Wildman–Crippen MR) is 87.1 cm³/mol. The lowest BCUT2D eigenvalue weighted by atomic mass is 10.3. The summed E-state index contributed by atoms with van der Waals surface area (Å²) < 4.78 is 7.60. The number of rotatable bonds is 4. The zero-order chi connectivity index (χ0) is 17.1. The first-order valence-electron chi connectivity index (χ1n) is 6.79. The van der Waals surface area contributed by atoms with Gasteiger partial charge in [0.15, 0.2) is 6.10 Å². The van der Waals surface area contributed by atoms with Gasteiger partial charge < -0.3 is 10.1 Å². The number of ether oxygens (including phenoxy) is 1. The van der Waals surface area contributed by atoms with Crippen molar-refractivity contribution < 1.29 is 9.53 Å². The molecule has 0 aliphatic carbocycles. The first-order chi connectivity index (χ1) is 10.8. The lowest BCUT2D eigenvalue weighted by Crippen LogP contribution is -2.39. The number of amides is 1. The highest BCUT2D eigenvalue weighted by Gasteiger charge is 2.17. The van der Waals surface area contributed by atoms with Gasteiger partial charge in [-0.2, -0.15) is 0 Å². The molecule has 122 valence electrons. The van der Waals surface area contributed by atoms with E-state index >= 15 is 0 Å². The normalized spacial score (nSPS) is 11.8. The molecule has 0 aliphatic heterocycles. The van der Waals surface area contributed by atoms with Gasteiger partial charge in [0.1, 0.15) is 11.6 Å². The molecule has 0 fully saturated rings. The number of hydrogen-bond acceptors (Lipinski definition) is 4. The summed E-state index contributed by atoms with van der Waals surface area (Å²) in [5, 5.41) is 3.00. The van der Waals surface area contributed by atoms with Gasteiger partial charge in [-0.25, -0.2) is 4.79 Å². The Bertz CT molecular complexity index is 857. The van der Waals surface area contributed by atoms with Crippen molar-refractivity contribution in [3.8, 4) is 5.75 Å². The van der Waals surface area contributed by atoms with Crippen LogP contribution in [0.3, 0.4) is 0 Å². The summed E-state index contributed by atoms with van der Waals surface area (Å²) >= 11 is 5.85. The van der Waals surface area contributed by atoms with E-state index in [1.807, 2.05) is 0 Å². The molecular formula is C15H16ClN3O4. The number of anilines is 1. The van der Waals surface area contributed by atoms with Crippen molar-refractivity contribution in [2.45, 2.75) is 13.0 Å². The average molecular weight is 338 g/mol. The minimum absolute atomic E-state index is 0.102. The van der Waals surface area contributed by atoms with Crippen LogP contribution in [0.1, 0.15) is 6.92 Å². The monoisotopic (exact) mass is 337 g/mol. The van der Waals surface area contributed by atoms with Crippen LogP contribution in [0.5, 0.6) is 5.75 Å². The molecule has 1 heterocycles. The molecule has 0 unspecified atom stereocenters. The van der Waals surface area contributed by atoms with Crippen molar-refractivity contribution >= 4 is 23.3 Å². The molecule has 1 atom stereocenters. The molecule has 1 aromatic heterocycles. The molecule has 0 radical (unpaired) electrons. The van der Waals surface area contributed by atoms with Gasteiger partial charge in [0.25, 0.3) is 11.5 Å². The van der Waals surface area contributed by atoms with Gasteiger partial charge in [-0.3, -0.25) is 18.7 Å². The third-order valence-corrected chi connectivity index (χ3v) is 3.49. The van der Waals surface area contributed by atoms with Crippen LogP contribution in [0.25, 0.3) is 0 Å². The number of aromatic nitrogens is 2. The molecule has 0 saturated heterocycles. The van der Waals surface area contributed by atoms with E-state index in [1.165, 1.54) is 24.7 Å². The van der Waals surface area contributed by atoms with E-state index in [0.717, 1.165) is 4.57 Å². The second-order valence-corrected chi connectivity index (χ2v) is 5.41. The fourth-order valence-electron chi connectivity index (χ4n) is 1.88. The SMILES string of the molecule is C[C@H](Oc1cccc(Cl)c1)C(=O)Nc1cc(=O)n(C)c(=O)n1C. The first kappa shape index (κ1) is 16.8. The van der Waals surface area contributed by atoms with Crippen molar-refractivity contribution in [3.63, 3.8) is 0 Å². The quantitative estimate of drug-likeness (QED) is 0.907. The Morgan fingerprint density at radius 2 is 1.91 bits per heavy atom. The molecule has 23 heavy (non-hydrogen) atoms. The summed E-state index contributed by atoms with van der Waals surface area (Å²) in [5.41, 5.74) is -1.04. The summed E-state index contributed by atoms with van der Waals surface area (Å²) in [6.07, 6.45) is -0.840. The molecule has 2 aromatic rings. The van der Waals surface area contributed by atoms with E-state index < -0.39 is 23.3 Å². The van der Waals surface area contributed by atoms with Crippen molar-refractivity contribution in [1.82, 2.24) is 9.13 Å². The Labute approximate surface area is 137 Å². The standard InChI is InChI=1S/C15H16ClN3O4/c1-9(23-11-6-4-5-10(16)7-11)14(21)17-12-8-13(20)19(3)15(22)18(12)2/h4-9H,1-3H3,(H,17,21)/t9-/m0/s1. The number of carbonyl (C=O) groups excluding carboxylic acids is 1. The molecule has 7 nitrogen and oxygen atoms in total. The number of hydrogen-bond donors (Lipinski definition) is 1. The summed E-state index contributed by atoms with van der Waals surface area (Å²) in [6, 6.07) is 7.82. The molecule has 1 amide bonds. The number of carbonyl (C=O) groups is 1. The van der Waals surface area contributed by atoms with E-state index in [0.29, 0.717) is 10.8 Å². The third-order valence-electron chi connectivity index (χ3n) is 3.26. The highest BCUT2D eigenvalue weighted by molar-refractivity contribution is 6.30. The van der Waals surface area contributed by atoms with Crippen LogP contribution >= 0.6 is 11.6 Å². The second-order valence-electron chi connectivity index (χ2n) is 4.98. The van der Waals surface area contributed by atoms with Crippen molar-refractivity contribution in [3.05, 3.63) is 56.2 Å². The Kier molecular flexibility index (Phi) is 4.90. The van der Waals surface area contributed by atoms with Crippen molar-refractivity contribution in [2.24, 2.45) is 14.1 Å². The zero-order valence-corrected chi connectivity index (χ0v) is 13.6. The van der Waals surface area contributed by atoms with Crippen LogP contribution in [0, 0.1) is 0 Å². The molecule has 0 spiro atoms. The molecule has 1 N–H and O–H groups in total. The van der Waals surface area contributed by atoms with Gasteiger partial charge in [0.2, 0.25) is 0 Å². The van der Waals surface area contributed by atoms with Crippen molar-refractivity contribution in [2.75, 3.05) is 5.32 Å². The average Bonchev–Trinajstić information content (AvgIpc) is 2.50. The largest absolute Gasteiger partial charge is 0.481 e. The lowest BCUT2D eigenvalue weighted by molar-refractivity contribution is -0.122. The van der Waals surface area contributed by atoms with Crippen LogP contribution in [-0.2, 0) is 18.9 Å². The van der Waals surface area contributed by atoms with Crippen LogP contribution in [-0.4, -0.2) is 21.1 Å². The Hall–Kier alpha value is -2.54. The number of nitrogens with zero attached hydrogens (tertiary/aromatic N) is 2. The van der Waals surface area contributed by atoms with Crippen LogP contribution in [0.2, 0.25) is 5.02 Å². The zero-order valence-electron chi connectivity index (χ0n) is 12.9. The van der Waals surface area contributed by atoms with Gasteiger partial charge in [-0.1, -0.05) is 17.7 Å². The minimum Gasteiger partial charge on any atom is -0.481 e. The number of halogens is 1. The topological polar surface area (TPSA) is 82.3 Å². The summed E-state index contributed by atoms with van der Waals surface area (Å²) in [5.74, 6) is 0.0517. The molecule has 0 aliphatic rings. The van der Waals surface area contributed by atoms with E-state index in [1.54, 1.807) is 31.2 Å². The van der Waals surface area contributed by atoms with Crippen molar-refractivity contribution in [1.29, 1.82) is 0 Å². The molecule has 8 heteroatoms. The first-order valence-corrected chi connectivity index (χ1v) is 7.17. The Morgan fingerprint density at radius 1 is 1.22 bits per heavy atom. The fourth-order valence-corrected chi connectivity index (χ4v) is 2.06. The van der Waals surface area contributed by atoms with Gasteiger partial charge in [0, 0.05) is 25.2 Å². The highest BCUT2D eigenvalue weighted by Crippen LogP contribution is 2.18. The molecule has 0 saturated carbocycles. The molecule has 2 rings (SSSR count). The molecular weight excluding hydrogens is 322 g/mol. The highest BCUT2D eigenvalue weighted by atomic mass is 35.5. The lowest BCUT2D eigenvalue weighted by Gasteiger charge is -2.16. The van der Waals surface area contributed by atoms with Gasteiger partial charge >= 0.3 is 5.69 Å². The maximum Gasteiger partial charge on any atom is 0.332 e. The maximum absolute atomic E-state index is 12.2. The number of benzene rings is 1. The van der Waals surface area contributed by atoms with E-state index in [-0.39, 0.29) is 5.82 Å². The smallest absolute Gasteiger partial charge is 0.332 e. The maximum atomic E-state index is 12.2.